The molecule has 1 aromatic carbocycles. The summed E-state index contributed by atoms with van der Waals surface area (Å²) >= 11 is 0. The molecule has 0 radical (unpaired) electrons. The SMILES string of the molecule is CCCCCc1c(CCCCC)c([Si](C)(C)C)c(C(=O)O)c(C(=O)O)c1[Si](C)(C)C. The molecule has 0 aliphatic carbocycles. The highest BCUT2D eigenvalue weighted by molar-refractivity contribution is 6.92. The van der Waals surface area contributed by atoms with Crippen molar-refractivity contribution >= 4 is 38.5 Å². The first-order chi connectivity index (χ1) is 13.8. The maximum Gasteiger partial charge on any atom is 0.336 e. The fourth-order valence-corrected chi connectivity index (χ4v) is 8.92. The van der Waals surface area contributed by atoms with Crippen LogP contribution in [0, 0.1) is 0 Å². The van der Waals surface area contributed by atoms with Crippen LogP contribution in [0.2, 0.25) is 39.3 Å². The van der Waals surface area contributed by atoms with Gasteiger partial charge >= 0.3 is 11.9 Å². The van der Waals surface area contributed by atoms with E-state index in [1.54, 1.807) is 0 Å². The topological polar surface area (TPSA) is 74.6 Å². The molecule has 1 rings (SSSR count). The van der Waals surface area contributed by atoms with Gasteiger partial charge in [-0.25, -0.2) is 9.59 Å². The number of carboxylic acid groups (broad SMARTS) is 2. The Morgan fingerprint density at radius 3 is 1.13 bits per heavy atom. The maximum absolute atomic E-state index is 12.5. The fraction of sp³-hybridized carbons (Fsp3) is 0.667. The molecule has 0 aliphatic heterocycles. The Balaban J connectivity index is 4.16. The van der Waals surface area contributed by atoms with Crippen molar-refractivity contribution in [3.8, 4) is 0 Å². The summed E-state index contributed by atoms with van der Waals surface area (Å²) in [6.45, 7) is 17.2. The van der Waals surface area contributed by atoms with Crippen molar-refractivity contribution in [2.45, 2.75) is 104 Å². The fourth-order valence-electron chi connectivity index (χ4n) is 4.59. The predicted octanol–water partition coefficient (Wildman–Crippen LogP) is 5.64. The normalized spacial score (nSPS) is 12.3. The van der Waals surface area contributed by atoms with Crippen molar-refractivity contribution < 1.29 is 19.8 Å². The zero-order valence-corrected chi connectivity index (χ0v) is 22.4. The molecule has 0 atom stereocenters. The average Bonchev–Trinajstić information content (AvgIpc) is 2.59. The number of rotatable bonds is 12. The largest absolute Gasteiger partial charge is 0.478 e. The average molecular weight is 451 g/mol. The van der Waals surface area contributed by atoms with Crippen LogP contribution in [-0.4, -0.2) is 38.3 Å². The van der Waals surface area contributed by atoms with E-state index in [2.05, 4.69) is 53.1 Å². The van der Waals surface area contributed by atoms with Gasteiger partial charge in [-0.2, -0.15) is 0 Å². The molecule has 30 heavy (non-hydrogen) atoms. The number of hydrogen-bond donors (Lipinski definition) is 2. The Morgan fingerprint density at radius 1 is 0.633 bits per heavy atom. The van der Waals surface area contributed by atoms with Crippen LogP contribution >= 0.6 is 0 Å². The van der Waals surface area contributed by atoms with Gasteiger partial charge in [-0.15, -0.1) is 0 Å². The quantitative estimate of drug-likeness (QED) is 0.319. The van der Waals surface area contributed by atoms with Gasteiger partial charge in [-0.05, 0) is 47.2 Å². The summed E-state index contributed by atoms with van der Waals surface area (Å²) in [6.07, 6.45) is 8.16. The third kappa shape index (κ3) is 6.30. The molecule has 6 heteroatoms. The van der Waals surface area contributed by atoms with Crippen LogP contribution in [0.1, 0.15) is 84.2 Å². The van der Waals surface area contributed by atoms with Crippen molar-refractivity contribution in [2.24, 2.45) is 0 Å². The second-order valence-electron chi connectivity index (χ2n) is 10.5. The summed E-state index contributed by atoms with van der Waals surface area (Å²) in [5.74, 6) is -2.16. The Labute approximate surface area is 185 Å². The van der Waals surface area contributed by atoms with Crippen LogP contribution in [-0.2, 0) is 12.8 Å². The first kappa shape index (κ1) is 26.6. The Kier molecular flexibility index (Phi) is 9.55. The van der Waals surface area contributed by atoms with Gasteiger partial charge in [0.15, 0.2) is 0 Å². The van der Waals surface area contributed by atoms with E-state index in [4.69, 9.17) is 0 Å². The lowest BCUT2D eigenvalue weighted by Gasteiger charge is -2.33. The van der Waals surface area contributed by atoms with Gasteiger partial charge in [-0.3, -0.25) is 0 Å². The molecule has 0 fully saturated rings. The lowest BCUT2D eigenvalue weighted by Crippen LogP contribution is -2.53. The number of benzene rings is 1. The smallest absolute Gasteiger partial charge is 0.336 e. The molecule has 0 saturated carbocycles. The molecule has 170 valence electrons. The van der Waals surface area contributed by atoms with Crippen LogP contribution in [0.15, 0.2) is 0 Å². The second kappa shape index (κ2) is 10.8. The van der Waals surface area contributed by atoms with Crippen LogP contribution in [0.3, 0.4) is 0 Å². The van der Waals surface area contributed by atoms with Crippen LogP contribution in [0.4, 0.5) is 0 Å². The van der Waals surface area contributed by atoms with Gasteiger partial charge in [0.25, 0.3) is 0 Å². The molecule has 0 aromatic heterocycles. The van der Waals surface area contributed by atoms with Gasteiger partial charge in [0.2, 0.25) is 0 Å². The van der Waals surface area contributed by atoms with E-state index in [1.165, 1.54) is 11.1 Å². The van der Waals surface area contributed by atoms with Crippen LogP contribution in [0.5, 0.6) is 0 Å². The first-order valence-electron chi connectivity index (χ1n) is 11.5. The van der Waals surface area contributed by atoms with Gasteiger partial charge in [0.05, 0.1) is 27.3 Å². The summed E-state index contributed by atoms with van der Waals surface area (Å²) in [4.78, 5) is 25.0. The molecular formula is C24H42O4Si2. The monoisotopic (exact) mass is 450 g/mol. The van der Waals surface area contributed by atoms with Gasteiger partial charge in [-0.1, -0.05) is 78.8 Å². The second-order valence-corrected chi connectivity index (χ2v) is 20.5. The van der Waals surface area contributed by atoms with Crippen LogP contribution < -0.4 is 10.4 Å². The number of unbranched alkanes of at least 4 members (excludes halogenated alkanes) is 4. The minimum Gasteiger partial charge on any atom is -0.478 e. The highest BCUT2D eigenvalue weighted by Crippen LogP contribution is 2.26. The molecule has 1 aromatic rings. The lowest BCUT2D eigenvalue weighted by atomic mass is 9.91. The maximum atomic E-state index is 12.5. The molecule has 0 heterocycles. The Bertz CT molecular complexity index is 706. The molecule has 4 nitrogen and oxygen atoms in total. The van der Waals surface area contributed by atoms with Gasteiger partial charge in [0, 0.05) is 0 Å². The number of carboxylic acids is 2. The molecule has 0 unspecified atom stereocenters. The van der Waals surface area contributed by atoms with Crippen LogP contribution in [0.25, 0.3) is 0 Å². The Morgan fingerprint density at radius 2 is 0.933 bits per heavy atom. The lowest BCUT2D eigenvalue weighted by molar-refractivity contribution is 0.0653. The predicted molar refractivity (Wildman–Crippen MR) is 133 cm³/mol. The number of aromatic carboxylic acids is 2. The molecule has 0 bridgehead atoms. The van der Waals surface area contributed by atoms with E-state index in [1.807, 2.05) is 0 Å². The molecule has 0 spiro atoms. The van der Waals surface area contributed by atoms with E-state index < -0.39 is 28.1 Å². The van der Waals surface area contributed by atoms with Gasteiger partial charge < -0.3 is 10.2 Å². The first-order valence-corrected chi connectivity index (χ1v) is 18.5. The highest BCUT2D eigenvalue weighted by Gasteiger charge is 2.38. The van der Waals surface area contributed by atoms with Crippen molar-refractivity contribution in [1.29, 1.82) is 0 Å². The summed E-state index contributed by atoms with van der Waals surface area (Å²) in [7, 11) is -4.22. The van der Waals surface area contributed by atoms with E-state index in [9.17, 15) is 19.8 Å². The number of hydrogen-bond acceptors (Lipinski definition) is 2. The Hall–Kier alpha value is -1.41. The zero-order valence-electron chi connectivity index (χ0n) is 20.4. The zero-order chi connectivity index (χ0) is 23.3. The third-order valence-corrected chi connectivity index (χ3v) is 9.81. The van der Waals surface area contributed by atoms with E-state index >= 15 is 0 Å². The van der Waals surface area contributed by atoms with Crippen molar-refractivity contribution in [1.82, 2.24) is 0 Å². The molecule has 2 N–H and O–H groups in total. The molecular weight excluding hydrogens is 408 g/mol. The highest BCUT2D eigenvalue weighted by atomic mass is 28.3. The standard InChI is InChI=1S/C24H42O4Si2/c1-9-11-13-15-17-18(16-14-12-10-2)22(30(6,7)8)20(24(27)28)19(23(25)26)21(17)29(3,4)5/h9-16H2,1-8H3,(H,25,26)(H,27,28). The van der Waals surface area contributed by atoms with E-state index in [0.717, 1.165) is 61.7 Å². The summed E-state index contributed by atoms with van der Waals surface area (Å²) in [6, 6.07) is 0. The summed E-state index contributed by atoms with van der Waals surface area (Å²) in [5, 5.41) is 22.2. The summed E-state index contributed by atoms with van der Waals surface area (Å²) in [5.41, 5.74) is 2.53. The minimum absolute atomic E-state index is 0.0878. The molecule has 0 amide bonds. The van der Waals surface area contributed by atoms with Crippen molar-refractivity contribution in [2.75, 3.05) is 0 Å². The minimum atomic E-state index is -2.11. The third-order valence-electron chi connectivity index (χ3n) is 5.71. The van der Waals surface area contributed by atoms with E-state index in [-0.39, 0.29) is 11.1 Å². The molecule has 0 aliphatic rings. The van der Waals surface area contributed by atoms with E-state index in [0.29, 0.717) is 0 Å². The van der Waals surface area contributed by atoms with Crippen molar-refractivity contribution in [3.63, 3.8) is 0 Å². The summed E-state index contributed by atoms with van der Waals surface area (Å²) < 4.78 is 0. The number of carbonyl (C=O) groups is 2. The van der Waals surface area contributed by atoms with Gasteiger partial charge in [0.1, 0.15) is 0 Å². The van der Waals surface area contributed by atoms with Crippen molar-refractivity contribution in [3.05, 3.63) is 22.3 Å². The molecule has 0 saturated heterocycles.